The number of fused-ring (bicyclic) bond motifs is 4. The molecule has 21 heavy (non-hydrogen) atoms. The van der Waals surface area contributed by atoms with Crippen molar-refractivity contribution in [1.29, 1.82) is 0 Å². The molecule has 5 heterocycles. The molecule has 5 heteroatoms. The van der Waals surface area contributed by atoms with Crippen LogP contribution in [-0.2, 0) is 0 Å². The molecule has 0 aromatic carbocycles. The smallest absolute Gasteiger partial charge is 0.166 e. The summed E-state index contributed by atoms with van der Waals surface area (Å²) >= 11 is 0. The van der Waals surface area contributed by atoms with Gasteiger partial charge in [-0.25, -0.2) is 0 Å². The third-order valence-electron chi connectivity index (χ3n) is 4.64. The van der Waals surface area contributed by atoms with Crippen molar-refractivity contribution in [2.24, 2.45) is 5.92 Å². The summed E-state index contributed by atoms with van der Waals surface area (Å²) in [5, 5.41) is 14.2. The first kappa shape index (κ1) is 13.1. The second kappa shape index (κ2) is 5.33. The lowest BCUT2D eigenvalue weighted by Crippen LogP contribution is -2.39. The molecule has 0 spiro atoms. The van der Waals surface area contributed by atoms with Gasteiger partial charge < -0.3 is 19.3 Å². The lowest BCUT2D eigenvalue weighted by atomic mass is 9.97. The van der Waals surface area contributed by atoms with E-state index >= 15 is 0 Å². The minimum absolute atomic E-state index is 0.488. The van der Waals surface area contributed by atoms with Gasteiger partial charge in [-0.2, -0.15) is 0 Å². The quantitative estimate of drug-likeness (QED) is 0.906. The minimum atomic E-state index is -0.673. The summed E-state index contributed by atoms with van der Waals surface area (Å²) in [5.41, 5.74) is 1.91. The molecule has 5 nitrogen and oxygen atoms in total. The van der Waals surface area contributed by atoms with Crippen molar-refractivity contribution in [2.75, 3.05) is 19.6 Å². The Balaban J connectivity index is 1.53. The number of nitrogens with one attached hydrogen (secondary N) is 1. The number of rotatable bonds is 3. The predicted molar refractivity (Wildman–Crippen MR) is 77.5 cm³/mol. The van der Waals surface area contributed by atoms with Gasteiger partial charge in [-0.1, -0.05) is 0 Å². The van der Waals surface area contributed by atoms with Crippen LogP contribution in [0, 0.1) is 5.92 Å². The molecular weight excluding hydrogens is 268 g/mol. The molecule has 3 saturated heterocycles. The van der Waals surface area contributed by atoms with E-state index in [4.69, 9.17) is 8.83 Å². The summed E-state index contributed by atoms with van der Waals surface area (Å²) in [6.07, 6.45) is 6.77. The van der Waals surface area contributed by atoms with E-state index < -0.39 is 6.23 Å². The van der Waals surface area contributed by atoms with Gasteiger partial charge in [0.05, 0.1) is 18.8 Å². The zero-order valence-corrected chi connectivity index (χ0v) is 11.9. The number of nitrogens with zero attached hydrogens (tertiary/aromatic N) is 1. The van der Waals surface area contributed by atoms with Gasteiger partial charge in [0.1, 0.15) is 5.76 Å². The van der Waals surface area contributed by atoms with E-state index in [1.165, 1.54) is 12.8 Å². The molecular formula is C16H20N2O3. The van der Waals surface area contributed by atoms with Crippen molar-refractivity contribution in [3.05, 3.63) is 36.7 Å². The first-order valence-electron chi connectivity index (χ1n) is 7.56. The fourth-order valence-electron chi connectivity index (χ4n) is 3.42. The zero-order valence-electron chi connectivity index (χ0n) is 11.9. The molecule has 0 radical (unpaired) electrons. The monoisotopic (exact) mass is 288 g/mol. The highest BCUT2D eigenvalue weighted by Gasteiger charge is 2.33. The summed E-state index contributed by atoms with van der Waals surface area (Å²) < 4.78 is 10.7. The van der Waals surface area contributed by atoms with Crippen LogP contribution >= 0.6 is 0 Å². The molecule has 5 rings (SSSR count). The minimum Gasteiger partial charge on any atom is -0.472 e. The van der Waals surface area contributed by atoms with Gasteiger partial charge in [0.15, 0.2) is 6.23 Å². The molecule has 0 aliphatic carbocycles. The van der Waals surface area contributed by atoms with Crippen molar-refractivity contribution >= 4 is 0 Å². The van der Waals surface area contributed by atoms with Crippen molar-refractivity contribution in [3.63, 3.8) is 0 Å². The molecule has 0 saturated carbocycles. The lowest BCUT2D eigenvalue weighted by molar-refractivity contribution is -0.0164. The Labute approximate surface area is 123 Å². The van der Waals surface area contributed by atoms with Crippen LogP contribution < -0.4 is 5.32 Å². The molecule has 3 fully saturated rings. The van der Waals surface area contributed by atoms with Gasteiger partial charge in [-0.05, 0) is 37.4 Å². The third kappa shape index (κ3) is 2.52. The van der Waals surface area contributed by atoms with Crippen molar-refractivity contribution < 1.29 is 13.9 Å². The number of hydrogen-bond donors (Lipinski definition) is 2. The molecule has 0 amide bonds. The third-order valence-corrected chi connectivity index (χ3v) is 4.64. The van der Waals surface area contributed by atoms with Gasteiger partial charge in [-0.3, -0.25) is 4.90 Å². The Morgan fingerprint density at radius 2 is 2.19 bits per heavy atom. The maximum Gasteiger partial charge on any atom is 0.166 e. The topological polar surface area (TPSA) is 61.8 Å². The Hall–Kier alpha value is -1.56. The maximum absolute atomic E-state index is 10.6. The fourth-order valence-corrected chi connectivity index (χ4v) is 3.42. The average molecular weight is 288 g/mol. The molecule has 2 aromatic rings. The standard InChI is InChI=1S/C16H20N2O3/c19-16(18-7-11-1-2-14(8-18)17-6-11)15-5-13(10-21-15)12-3-4-20-9-12/h3-5,9-11,14,16-17,19H,1-2,6-8H2. The van der Waals surface area contributed by atoms with Crippen LogP contribution in [0.3, 0.4) is 0 Å². The Morgan fingerprint density at radius 3 is 2.95 bits per heavy atom. The molecule has 3 atom stereocenters. The number of piperidine rings is 1. The zero-order chi connectivity index (χ0) is 14.2. The second-order valence-electron chi connectivity index (χ2n) is 6.13. The van der Waals surface area contributed by atoms with Gasteiger partial charge in [0.25, 0.3) is 0 Å². The van der Waals surface area contributed by atoms with Crippen LogP contribution in [0.2, 0.25) is 0 Å². The van der Waals surface area contributed by atoms with E-state index in [1.54, 1.807) is 18.8 Å². The molecule has 3 aliphatic rings. The van der Waals surface area contributed by atoms with Crippen molar-refractivity contribution in [2.45, 2.75) is 25.1 Å². The molecule has 112 valence electrons. The van der Waals surface area contributed by atoms with Crippen LogP contribution in [-0.4, -0.2) is 35.7 Å². The van der Waals surface area contributed by atoms with Gasteiger partial charge in [-0.15, -0.1) is 0 Å². The van der Waals surface area contributed by atoms with E-state index in [1.807, 2.05) is 12.1 Å². The highest BCUT2D eigenvalue weighted by Crippen LogP contribution is 2.30. The van der Waals surface area contributed by atoms with E-state index in [9.17, 15) is 5.11 Å². The van der Waals surface area contributed by atoms with Gasteiger partial charge in [0, 0.05) is 30.3 Å². The van der Waals surface area contributed by atoms with Crippen LogP contribution in [0.5, 0.6) is 0 Å². The fraction of sp³-hybridized carbons (Fsp3) is 0.500. The molecule has 2 bridgehead atoms. The second-order valence-corrected chi connectivity index (χ2v) is 6.13. The summed E-state index contributed by atoms with van der Waals surface area (Å²) in [7, 11) is 0. The highest BCUT2D eigenvalue weighted by molar-refractivity contribution is 5.61. The van der Waals surface area contributed by atoms with E-state index in [0.717, 1.165) is 30.8 Å². The lowest BCUT2D eigenvalue weighted by Gasteiger charge is -2.26. The van der Waals surface area contributed by atoms with Crippen molar-refractivity contribution in [3.8, 4) is 11.1 Å². The van der Waals surface area contributed by atoms with Crippen LogP contribution in [0.4, 0.5) is 0 Å². The average Bonchev–Trinajstić information content (AvgIpc) is 3.11. The molecule has 2 aromatic heterocycles. The predicted octanol–water partition coefficient (Wildman–Crippen LogP) is 2.21. The SMILES string of the molecule is OC(c1cc(-c2ccoc2)co1)N1CC2CCC(C1)NC2. The largest absolute Gasteiger partial charge is 0.472 e. The van der Waals surface area contributed by atoms with E-state index in [2.05, 4.69) is 10.2 Å². The molecule has 3 unspecified atom stereocenters. The molecule has 2 N–H and O–H groups in total. The normalized spacial score (nSPS) is 27.7. The Kier molecular flexibility index (Phi) is 3.33. The number of furan rings is 2. The van der Waals surface area contributed by atoms with Crippen molar-refractivity contribution in [1.82, 2.24) is 10.2 Å². The van der Waals surface area contributed by atoms with Crippen LogP contribution in [0.1, 0.15) is 24.8 Å². The molecule has 3 aliphatic heterocycles. The van der Waals surface area contributed by atoms with Gasteiger partial charge >= 0.3 is 0 Å². The summed E-state index contributed by atoms with van der Waals surface area (Å²) in [6, 6.07) is 4.27. The van der Waals surface area contributed by atoms with Crippen LogP contribution in [0.25, 0.3) is 11.1 Å². The number of aliphatic hydroxyl groups excluding tert-OH is 1. The summed E-state index contributed by atoms with van der Waals surface area (Å²) in [4.78, 5) is 2.13. The number of hydrogen-bond acceptors (Lipinski definition) is 5. The van der Waals surface area contributed by atoms with E-state index in [0.29, 0.717) is 17.7 Å². The summed E-state index contributed by atoms with van der Waals surface area (Å²) in [6.45, 7) is 2.86. The van der Waals surface area contributed by atoms with E-state index in [-0.39, 0.29) is 0 Å². The van der Waals surface area contributed by atoms with Gasteiger partial charge in [0.2, 0.25) is 0 Å². The van der Waals surface area contributed by atoms with Crippen LogP contribution in [0.15, 0.2) is 39.8 Å². The number of aliphatic hydroxyl groups is 1. The summed E-state index contributed by atoms with van der Waals surface area (Å²) in [5.74, 6) is 1.23. The first-order valence-corrected chi connectivity index (χ1v) is 7.56. The highest BCUT2D eigenvalue weighted by atomic mass is 16.4. The maximum atomic E-state index is 10.6. The Bertz CT molecular complexity index is 570. The Morgan fingerprint density at radius 1 is 1.24 bits per heavy atom. The first-order chi connectivity index (χ1) is 10.3.